The van der Waals surface area contributed by atoms with Crippen LogP contribution in [-0.4, -0.2) is 43.2 Å². The number of hydrogen-bond acceptors (Lipinski definition) is 5. The van der Waals surface area contributed by atoms with Crippen molar-refractivity contribution in [1.82, 2.24) is 4.90 Å². The monoisotopic (exact) mass is 355 g/mol. The molecule has 0 spiro atoms. The smallest absolute Gasteiger partial charge is 0.308 e. The molecule has 0 aliphatic carbocycles. The minimum absolute atomic E-state index is 0.384. The Kier molecular flexibility index (Phi) is 7.38. The molecule has 0 amide bonds. The highest BCUT2D eigenvalue weighted by atomic mass is 16.6. The molecule has 0 radical (unpaired) electrons. The van der Waals surface area contributed by atoms with Crippen molar-refractivity contribution in [3.05, 3.63) is 65.7 Å². The van der Waals surface area contributed by atoms with E-state index in [4.69, 9.17) is 9.47 Å². The molecule has 0 bridgehead atoms. The zero-order chi connectivity index (χ0) is 18.9. The van der Waals surface area contributed by atoms with E-state index in [0.29, 0.717) is 24.6 Å². The van der Waals surface area contributed by atoms with Crippen molar-refractivity contribution >= 4 is 12.0 Å². The van der Waals surface area contributed by atoms with Crippen molar-refractivity contribution < 1.29 is 19.4 Å². The summed E-state index contributed by atoms with van der Waals surface area (Å²) in [5.74, 6) is 0.528. The normalized spacial score (nSPS) is 12.3. The largest absolute Gasteiger partial charge is 0.493 e. The van der Waals surface area contributed by atoms with E-state index in [0.717, 1.165) is 11.1 Å². The van der Waals surface area contributed by atoms with Crippen molar-refractivity contribution in [1.29, 1.82) is 0 Å². The van der Waals surface area contributed by atoms with E-state index >= 15 is 0 Å². The van der Waals surface area contributed by atoms with Crippen LogP contribution in [-0.2, 0) is 4.79 Å². The third-order valence-electron chi connectivity index (χ3n) is 3.84. The summed E-state index contributed by atoms with van der Waals surface area (Å²) < 4.78 is 10.4. The average Bonchev–Trinajstić information content (AvgIpc) is 2.63. The summed E-state index contributed by atoms with van der Waals surface area (Å²) in [6, 6.07) is 15.0. The summed E-state index contributed by atoms with van der Waals surface area (Å²) in [7, 11) is 3.50. The predicted octanol–water partition coefficient (Wildman–Crippen LogP) is 3.30. The quantitative estimate of drug-likeness (QED) is 0.582. The number of hydrogen-bond donors (Lipinski definition) is 1. The van der Waals surface area contributed by atoms with Gasteiger partial charge in [-0.1, -0.05) is 48.6 Å². The van der Waals surface area contributed by atoms with Crippen molar-refractivity contribution in [3.63, 3.8) is 0 Å². The van der Waals surface area contributed by atoms with E-state index in [1.807, 2.05) is 66.6 Å². The molecule has 26 heavy (non-hydrogen) atoms. The van der Waals surface area contributed by atoms with Gasteiger partial charge in [0.05, 0.1) is 13.2 Å². The maximum absolute atomic E-state index is 11.1. The lowest BCUT2D eigenvalue weighted by atomic mass is 10.1. The Morgan fingerprint density at radius 1 is 1.19 bits per heavy atom. The molecule has 0 heterocycles. The number of aliphatic hydroxyl groups is 1. The van der Waals surface area contributed by atoms with Crippen LogP contribution in [0.1, 0.15) is 24.2 Å². The fraction of sp³-hybridized carbons (Fsp3) is 0.286. The molecule has 0 saturated heterocycles. The van der Waals surface area contributed by atoms with Gasteiger partial charge in [0.25, 0.3) is 0 Å². The van der Waals surface area contributed by atoms with E-state index in [1.54, 1.807) is 6.07 Å². The minimum Gasteiger partial charge on any atom is -0.493 e. The molecule has 2 aromatic carbocycles. The van der Waals surface area contributed by atoms with Gasteiger partial charge in [0.2, 0.25) is 0 Å². The van der Waals surface area contributed by atoms with Crippen molar-refractivity contribution in [2.75, 3.05) is 27.2 Å². The summed E-state index contributed by atoms with van der Waals surface area (Å²) in [6.07, 6.45) is 3.46. The van der Waals surface area contributed by atoms with Crippen LogP contribution in [0.5, 0.6) is 11.5 Å². The Balaban J connectivity index is 1.92. The second kappa shape index (κ2) is 9.75. The predicted molar refractivity (Wildman–Crippen MR) is 102 cm³/mol. The van der Waals surface area contributed by atoms with Crippen molar-refractivity contribution in [2.45, 2.75) is 13.0 Å². The zero-order valence-corrected chi connectivity index (χ0v) is 15.4. The van der Waals surface area contributed by atoms with Gasteiger partial charge in [-0.15, -0.1) is 0 Å². The number of aliphatic hydroxyl groups excluding tert-OH is 1. The summed E-state index contributed by atoms with van der Waals surface area (Å²) in [5, 5.41) is 10.3. The van der Waals surface area contributed by atoms with Crippen LogP contribution in [0.3, 0.4) is 0 Å². The van der Waals surface area contributed by atoms with Crippen molar-refractivity contribution in [2.24, 2.45) is 0 Å². The molecular formula is C21H25NO4. The summed E-state index contributed by atoms with van der Waals surface area (Å²) in [6.45, 7) is 2.59. The number of carbonyl (C=O) groups excluding carboxylic acids is 1. The number of carbonyl (C=O) groups is 1. The van der Waals surface area contributed by atoms with Crippen LogP contribution in [0, 0.1) is 0 Å². The van der Waals surface area contributed by atoms with Crippen LogP contribution in [0.4, 0.5) is 0 Å². The molecule has 2 aromatic rings. The van der Waals surface area contributed by atoms with Gasteiger partial charge in [-0.25, -0.2) is 0 Å². The summed E-state index contributed by atoms with van der Waals surface area (Å²) in [4.78, 5) is 13.1. The topological polar surface area (TPSA) is 59.0 Å². The highest BCUT2D eigenvalue weighted by molar-refractivity contribution is 5.71. The summed E-state index contributed by atoms with van der Waals surface area (Å²) in [5.41, 5.74) is 1.85. The Hall–Kier alpha value is -2.63. The third-order valence-corrected chi connectivity index (χ3v) is 3.84. The molecule has 1 atom stereocenters. The van der Waals surface area contributed by atoms with Crippen molar-refractivity contribution in [3.8, 4) is 11.5 Å². The molecule has 0 aliphatic rings. The number of methoxy groups -OCH3 is 1. The zero-order valence-electron chi connectivity index (χ0n) is 15.4. The standard InChI is InChI=1S/C21H25NO4/c1-16(23)26-20-12-11-17(14-21(20)25-3)8-7-13-22(2)15-19(24)18-9-5-4-6-10-18/h4-12,14,19,24H,13,15H2,1-3H3. The molecule has 0 aromatic heterocycles. The molecule has 1 N–H and O–H groups in total. The Bertz CT molecular complexity index is 743. The van der Waals surface area contributed by atoms with Gasteiger partial charge >= 0.3 is 5.97 Å². The fourth-order valence-corrected chi connectivity index (χ4v) is 2.55. The molecule has 138 valence electrons. The molecule has 5 nitrogen and oxygen atoms in total. The number of esters is 1. The van der Waals surface area contributed by atoms with E-state index in [-0.39, 0.29) is 5.97 Å². The molecule has 0 saturated carbocycles. The highest BCUT2D eigenvalue weighted by Crippen LogP contribution is 2.28. The maximum Gasteiger partial charge on any atom is 0.308 e. The third kappa shape index (κ3) is 6.02. The Labute approximate surface area is 154 Å². The van der Waals surface area contributed by atoms with Crippen LogP contribution in [0.15, 0.2) is 54.6 Å². The van der Waals surface area contributed by atoms with Gasteiger partial charge in [-0.3, -0.25) is 9.69 Å². The molecule has 5 heteroatoms. The molecular weight excluding hydrogens is 330 g/mol. The van der Waals surface area contributed by atoms with Gasteiger partial charge in [-0.2, -0.15) is 0 Å². The lowest BCUT2D eigenvalue weighted by Gasteiger charge is -2.19. The molecule has 2 rings (SSSR count). The number of ether oxygens (including phenoxy) is 2. The second-order valence-corrected chi connectivity index (χ2v) is 6.05. The lowest BCUT2D eigenvalue weighted by molar-refractivity contribution is -0.132. The van der Waals surface area contributed by atoms with Gasteiger partial charge < -0.3 is 14.6 Å². The van der Waals surface area contributed by atoms with E-state index in [2.05, 4.69) is 0 Å². The number of benzene rings is 2. The first-order chi connectivity index (χ1) is 12.5. The lowest BCUT2D eigenvalue weighted by Crippen LogP contribution is -2.24. The average molecular weight is 355 g/mol. The maximum atomic E-state index is 11.1. The van der Waals surface area contributed by atoms with Gasteiger partial charge in [-0.05, 0) is 30.3 Å². The molecule has 0 aliphatic heterocycles. The van der Waals surface area contributed by atoms with Crippen LogP contribution in [0.2, 0.25) is 0 Å². The Morgan fingerprint density at radius 2 is 1.92 bits per heavy atom. The van der Waals surface area contributed by atoms with Crippen LogP contribution in [0.25, 0.3) is 6.08 Å². The van der Waals surface area contributed by atoms with Gasteiger partial charge in [0.15, 0.2) is 11.5 Å². The number of likely N-dealkylation sites (N-methyl/N-ethyl adjacent to an activating group) is 1. The minimum atomic E-state index is -0.516. The number of nitrogens with zero attached hydrogens (tertiary/aromatic N) is 1. The first-order valence-electron chi connectivity index (χ1n) is 8.44. The SMILES string of the molecule is COc1cc(C=CCN(C)CC(O)c2ccccc2)ccc1OC(C)=O. The summed E-state index contributed by atoms with van der Waals surface area (Å²) >= 11 is 0. The first kappa shape index (κ1) is 19.7. The van der Waals surface area contributed by atoms with E-state index in [9.17, 15) is 9.90 Å². The first-order valence-corrected chi connectivity index (χ1v) is 8.44. The second-order valence-electron chi connectivity index (χ2n) is 6.05. The van der Waals surface area contributed by atoms with Crippen LogP contribution >= 0.6 is 0 Å². The van der Waals surface area contributed by atoms with E-state index in [1.165, 1.54) is 14.0 Å². The number of rotatable bonds is 8. The Morgan fingerprint density at radius 3 is 2.58 bits per heavy atom. The molecule has 1 unspecified atom stereocenters. The fourth-order valence-electron chi connectivity index (χ4n) is 2.55. The molecule has 0 fully saturated rings. The van der Waals surface area contributed by atoms with Gasteiger partial charge in [0, 0.05) is 20.0 Å². The van der Waals surface area contributed by atoms with Gasteiger partial charge in [0.1, 0.15) is 0 Å². The van der Waals surface area contributed by atoms with Crippen LogP contribution < -0.4 is 9.47 Å². The highest BCUT2D eigenvalue weighted by Gasteiger charge is 2.09. The van der Waals surface area contributed by atoms with E-state index < -0.39 is 6.10 Å².